The molecule has 0 radical (unpaired) electrons. The number of nitrogens with zero attached hydrogens (tertiary/aromatic N) is 2. The van der Waals surface area contributed by atoms with Gasteiger partial charge >= 0.3 is 0 Å². The molecule has 7 heteroatoms. The Morgan fingerprint density at radius 1 is 1.21 bits per heavy atom. The van der Waals surface area contributed by atoms with Gasteiger partial charge in [-0.15, -0.1) is 0 Å². The van der Waals surface area contributed by atoms with Crippen LogP contribution in [0.15, 0.2) is 18.2 Å². The number of imide groups is 1. The third-order valence-electron chi connectivity index (χ3n) is 6.67. The highest BCUT2D eigenvalue weighted by molar-refractivity contribution is 6.05. The topological polar surface area (TPSA) is 95.7 Å². The van der Waals surface area contributed by atoms with Crippen molar-refractivity contribution >= 4 is 17.7 Å². The molecule has 4 rings (SSSR count). The van der Waals surface area contributed by atoms with Crippen molar-refractivity contribution < 1.29 is 14.4 Å². The fraction of sp³-hybridized carbons (Fsp3) is 0.591. The number of hydrogen-bond acceptors (Lipinski definition) is 5. The van der Waals surface area contributed by atoms with E-state index in [9.17, 15) is 14.4 Å². The molecule has 2 saturated heterocycles. The number of hydrogen-bond donors (Lipinski definition) is 2. The molecule has 0 spiro atoms. The first-order valence-electron chi connectivity index (χ1n) is 10.7. The molecule has 1 aromatic carbocycles. The lowest BCUT2D eigenvalue weighted by Crippen LogP contribution is -2.52. The van der Waals surface area contributed by atoms with Gasteiger partial charge in [0.25, 0.3) is 5.91 Å². The van der Waals surface area contributed by atoms with Crippen molar-refractivity contribution in [2.24, 2.45) is 11.7 Å². The van der Waals surface area contributed by atoms with E-state index in [1.807, 2.05) is 12.1 Å². The highest BCUT2D eigenvalue weighted by atomic mass is 16.2. The Morgan fingerprint density at radius 3 is 2.79 bits per heavy atom. The van der Waals surface area contributed by atoms with Crippen LogP contribution < -0.4 is 11.1 Å². The Labute approximate surface area is 171 Å². The largest absolute Gasteiger partial charge is 0.330 e. The van der Waals surface area contributed by atoms with Gasteiger partial charge in [0.2, 0.25) is 11.8 Å². The van der Waals surface area contributed by atoms with E-state index in [2.05, 4.69) is 23.2 Å². The predicted molar refractivity (Wildman–Crippen MR) is 109 cm³/mol. The fourth-order valence-corrected chi connectivity index (χ4v) is 5.10. The van der Waals surface area contributed by atoms with Crippen LogP contribution in [-0.2, 0) is 22.7 Å². The first-order chi connectivity index (χ1) is 14.0. The number of benzene rings is 1. The van der Waals surface area contributed by atoms with E-state index >= 15 is 0 Å². The summed E-state index contributed by atoms with van der Waals surface area (Å²) in [6, 6.07) is 6.02. The van der Waals surface area contributed by atoms with Crippen LogP contribution in [0.4, 0.5) is 0 Å². The van der Waals surface area contributed by atoms with E-state index < -0.39 is 6.04 Å². The summed E-state index contributed by atoms with van der Waals surface area (Å²) >= 11 is 0. The average Bonchev–Trinajstić information content (AvgIpc) is 3.01. The van der Waals surface area contributed by atoms with Crippen molar-refractivity contribution in [2.75, 3.05) is 13.1 Å². The van der Waals surface area contributed by atoms with Crippen molar-refractivity contribution in [2.45, 2.75) is 64.2 Å². The number of nitrogens with two attached hydrogens (primary N) is 1. The third-order valence-corrected chi connectivity index (χ3v) is 6.67. The average molecular weight is 399 g/mol. The van der Waals surface area contributed by atoms with E-state index in [0.29, 0.717) is 37.0 Å². The molecule has 1 aromatic rings. The zero-order valence-electron chi connectivity index (χ0n) is 17.0. The molecule has 0 bridgehead atoms. The van der Waals surface area contributed by atoms with Gasteiger partial charge in [0.05, 0.1) is 0 Å². The van der Waals surface area contributed by atoms with Gasteiger partial charge in [-0.1, -0.05) is 19.1 Å². The minimum absolute atomic E-state index is 0.109. The van der Waals surface area contributed by atoms with Crippen LogP contribution in [0.2, 0.25) is 0 Å². The fourth-order valence-electron chi connectivity index (χ4n) is 5.10. The van der Waals surface area contributed by atoms with Crippen LogP contribution in [-0.4, -0.2) is 52.7 Å². The molecular weight excluding hydrogens is 368 g/mol. The SMILES string of the molecule is CC1CCCN(Cc2ccc3c(c2)C(=O)N(C2CCC(=O)NC2=O)C3)C1CCN. The minimum Gasteiger partial charge on any atom is -0.330 e. The summed E-state index contributed by atoms with van der Waals surface area (Å²) in [7, 11) is 0. The first-order valence-corrected chi connectivity index (χ1v) is 10.7. The Balaban J connectivity index is 1.49. The van der Waals surface area contributed by atoms with Gasteiger partial charge in [-0.2, -0.15) is 0 Å². The molecule has 3 N–H and O–H groups in total. The molecule has 0 aliphatic carbocycles. The Morgan fingerprint density at radius 2 is 2.03 bits per heavy atom. The summed E-state index contributed by atoms with van der Waals surface area (Å²) in [5.41, 5.74) is 8.61. The first kappa shape index (κ1) is 20.0. The van der Waals surface area contributed by atoms with Crippen molar-refractivity contribution in [3.05, 3.63) is 34.9 Å². The smallest absolute Gasteiger partial charge is 0.255 e. The molecule has 0 saturated carbocycles. The summed E-state index contributed by atoms with van der Waals surface area (Å²) < 4.78 is 0. The standard InChI is InChI=1S/C22H30N4O3/c1-14-3-2-10-25(18(14)8-9-23)12-15-4-5-16-13-26(22(29)17(16)11-15)19-6-7-20(27)24-21(19)28/h4-5,11,14,18-19H,2-3,6-10,12-13,23H2,1H3,(H,24,27,28). The van der Waals surface area contributed by atoms with E-state index in [4.69, 9.17) is 5.73 Å². The molecule has 3 unspecified atom stereocenters. The monoisotopic (exact) mass is 398 g/mol. The van der Waals surface area contributed by atoms with Crippen LogP contribution >= 0.6 is 0 Å². The van der Waals surface area contributed by atoms with Gasteiger partial charge in [0.15, 0.2) is 0 Å². The van der Waals surface area contributed by atoms with E-state index in [1.54, 1.807) is 4.90 Å². The number of carbonyl (C=O) groups is 3. The van der Waals surface area contributed by atoms with Crippen LogP contribution in [0.1, 0.15) is 60.5 Å². The van der Waals surface area contributed by atoms with Crippen molar-refractivity contribution in [3.8, 4) is 0 Å². The zero-order valence-corrected chi connectivity index (χ0v) is 17.0. The van der Waals surface area contributed by atoms with Crippen LogP contribution in [0, 0.1) is 5.92 Å². The summed E-state index contributed by atoms with van der Waals surface area (Å²) in [4.78, 5) is 40.7. The number of rotatable bonds is 5. The van der Waals surface area contributed by atoms with Crippen LogP contribution in [0.25, 0.3) is 0 Å². The van der Waals surface area contributed by atoms with Gasteiger partial charge < -0.3 is 10.6 Å². The number of nitrogens with one attached hydrogen (secondary N) is 1. The van der Waals surface area contributed by atoms with Gasteiger partial charge in [-0.25, -0.2) is 0 Å². The lowest BCUT2D eigenvalue weighted by molar-refractivity contribution is -0.136. The molecule has 3 amide bonds. The van der Waals surface area contributed by atoms with Gasteiger partial charge in [-0.05, 0) is 61.9 Å². The second-order valence-corrected chi connectivity index (χ2v) is 8.63. The molecule has 3 aliphatic heterocycles. The quantitative estimate of drug-likeness (QED) is 0.731. The summed E-state index contributed by atoms with van der Waals surface area (Å²) in [5.74, 6) is -0.108. The number of likely N-dealkylation sites (tertiary alicyclic amines) is 1. The molecule has 3 heterocycles. The summed E-state index contributed by atoms with van der Waals surface area (Å²) in [6.07, 6.45) is 4.09. The Hall–Kier alpha value is -2.25. The van der Waals surface area contributed by atoms with E-state index in [-0.39, 0.29) is 24.1 Å². The van der Waals surface area contributed by atoms with Gasteiger partial charge in [0.1, 0.15) is 6.04 Å². The van der Waals surface area contributed by atoms with Crippen LogP contribution in [0.3, 0.4) is 0 Å². The number of amides is 3. The predicted octanol–water partition coefficient (Wildman–Crippen LogP) is 1.40. The summed E-state index contributed by atoms with van der Waals surface area (Å²) in [5, 5.41) is 2.35. The highest BCUT2D eigenvalue weighted by Crippen LogP contribution is 2.30. The lowest BCUT2D eigenvalue weighted by atomic mass is 9.88. The zero-order chi connectivity index (χ0) is 20.5. The van der Waals surface area contributed by atoms with E-state index in [0.717, 1.165) is 30.6 Å². The Bertz CT molecular complexity index is 824. The maximum Gasteiger partial charge on any atom is 0.255 e. The van der Waals surface area contributed by atoms with Gasteiger partial charge in [-0.3, -0.25) is 24.6 Å². The van der Waals surface area contributed by atoms with Crippen molar-refractivity contribution in [1.82, 2.24) is 15.1 Å². The maximum absolute atomic E-state index is 13.0. The second kappa shape index (κ2) is 8.24. The van der Waals surface area contributed by atoms with Crippen molar-refractivity contribution in [3.63, 3.8) is 0 Å². The molecule has 156 valence electrons. The Kier molecular flexibility index (Phi) is 5.69. The number of fused-ring (bicyclic) bond motifs is 1. The molecule has 3 aliphatic rings. The number of piperidine rings is 2. The maximum atomic E-state index is 13.0. The minimum atomic E-state index is -0.562. The van der Waals surface area contributed by atoms with Crippen molar-refractivity contribution in [1.29, 1.82) is 0 Å². The highest BCUT2D eigenvalue weighted by Gasteiger charge is 2.39. The third kappa shape index (κ3) is 3.94. The molecule has 2 fully saturated rings. The van der Waals surface area contributed by atoms with Crippen LogP contribution in [0.5, 0.6) is 0 Å². The van der Waals surface area contributed by atoms with Gasteiger partial charge in [0, 0.05) is 31.1 Å². The summed E-state index contributed by atoms with van der Waals surface area (Å²) in [6.45, 7) is 5.29. The molecule has 7 nitrogen and oxygen atoms in total. The molecular formula is C22H30N4O3. The molecule has 0 aromatic heterocycles. The molecule has 3 atom stereocenters. The van der Waals surface area contributed by atoms with E-state index in [1.165, 1.54) is 12.8 Å². The lowest BCUT2D eigenvalue weighted by Gasteiger charge is -2.40. The normalized spacial score (nSPS) is 27.9. The second-order valence-electron chi connectivity index (χ2n) is 8.63. The molecule has 29 heavy (non-hydrogen) atoms. The number of carbonyl (C=O) groups excluding carboxylic acids is 3.